The van der Waals surface area contributed by atoms with E-state index < -0.39 is 0 Å². The number of ketones is 1. The van der Waals surface area contributed by atoms with Crippen LogP contribution in [0.3, 0.4) is 0 Å². The molecular formula is C18H24N2O2. The van der Waals surface area contributed by atoms with Gasteiger partial charge in [0.25, 0.3) is 0 Å². The molecule has 0 bridgehead atoms. The lowest BCUT2D eigenvalue weighted by molar-refractivity contribution is -0.116. The molecule has 4 nitrogen and oxygen atoms in total. The highest BCUT2D eigenvalue weighted by Gasteiger charge is 2.33. The van der Waals surface area contributed by atoms with Gasteiger partial charge in [-0.15, -0.1) is 0 Å². The zero-order valence-electron chi connectivity index (χ0n) is 13.6. The molecule has 0 saturated carbocycles. The minimum atomic E-state index is 0.0492. The summed E-state index contributed by atoms with van der Waals surface area (Å²) in [7, 11) is 0. The van der Waals surface area contributed by atoms with Gasteiger partial charge in [0, 0.05) is 36.2 Å². The third-order valence-electron chi connectivity index (χ3n) is 4.77. The van der Waals surface area contributed by atoms with Gasteiger partial charge in [-0.05, 0) is 48.9 Å². The van der Waals surface area contributed by atoms with Crippen molar-refractivity contribution in [3.8, 4) is 0 Å². The molecule has 1 heterocycles. The summed E-state index contributed by atoms with van der Waals surface area (Å²) in [5.74, 6) is 0.358. The lowest BCUT2D eigenvalue weighted by atomic mass is 9.76. The van der Waals surface area contributed by atoms with Crippen LogP contribution in [0.1, 0.15) is 53.7 Å². The Balaban J connectivity index is 1.97. The number of aryl methyl sites for hydroxylation is 1. The Hall–Kier alpha value is -1.68. The summed E-state index contributed by atoms with van der Waals surface area (Å²) in [6.45, 7) is 6.98. The van der Waals surface area contributed by atoms with Gasteiger partial charge in [0.2, 0.25) is 5.91 Å². The second kappa shape index (κ2) is 5.84. The van der Waals surface area contributed by atoms with Crippen molar-refractivity contribution in [1.29, 1.82) is 0 Å². The van der Waals surface area contributed by atoms with E-state index in [1.165, 1.54) is 5.56 Å². The molecule has 0 spiro atoms. The fraction of sp³-hybridized carbons (Fsp3) is 0.556. The van der Waals surface area contributed by atoms with Crippen molar-refractivity contribution in [3.63, 3.8) is 0 Å². The number of hydrogen-bond donors (Lipinski definition) is 2. The van der Waals surface area contributed by atoms with Gasteiger partial charge in [0.05, 0.1) is 0 Å². The van der Waals surface area contributed by atoms with Crippen molar-refractivity contribution in [2.24, 2.45) is 5.92 Å². The fourth-order valence-corrected chi connectivity index (χ4v) is 3.57. The molecular weight excluding hydrogens is 276 g/mol. The first-order chi connectivity index (χ1) is 10.5. The fourth-order valence-electron chi connectivity index (χ4n) is 3.57. The van der Waals surface area contributed by atoms with Gasteiger partial charge >= 0.3 is 0 Å². The average molecular weight is 300 g/mol. The molecule has 0 aromatic heterocycles. The largest absolute Gasteiger partial charge is 0.326 e. The van der Waals surface area contributed by atoms with Crippen LogP contribution in [0.15, 0.2) is 6.07 Å². The van der Waals surface area contributed by atoms with E-state index in [1.54, 1.807) is 0 Å². The average Bonchev–Trinajstić information content (AvgIpc) is 2.46. The van der Waals surface area contributed by atoms with E-state index in [0.717, 1.165) is 41.8 Å². The molecule has 4 heteroatoms. The molecule has 0 saturated heterocycles. The van der Waals surface area contributed by atoms with Crippen LogP contribution >= 0.6 is 0 Å². The molecule has 118 valence electrons. The van der Waals surface area contributed by atoms with Crippen molar-refractivity contribution >= 4 is 17.4 Å². The normalized spacial score (nSPS) is 20.6. The molecule has 1 aliphatic carbocycles. The highest BCUT2D eigenvalue weighted by atomic mass is 16.1. The number of hydrogen-bond acceptors (Lipinski definition) is 3. The standard InChI is InChI=1S/C18H24N2O2/c1-10(2)19-9-12-4-5-13-11(3)8-15-14(17(13)18(12)22)6-7-16(21)20-15/h8,10,12,19H,4-7,9H2,1-3H3,(H,20,21). The first-order valence-corrected chi connectivity index (χ1v) is 8.20. The van der Waals surface area contributed by atoms with Crippen molar-refractivity contribution in [2.45, 2.75) is 52.5 Å². The molecule has 1 amide bonds. The number of carbonyl (C=O) groups excluding carboxylic acids is 2. The molecule has 3 rings (SSSR count). The predicted molar refractivity (Wildman–Crippen MR) is 87.4 cm³/mol. The van der Waals surface area contributed by atoms with Gasteiger partial charge in [-0.25, -0.2) is 0 Å². The Morgan fingerprint density at radius 3 is 2.73 bits per heavy atom. The molecule has 1 aromatic rings. The minimum absolute atomic E-state index is 0.0492. The van der Waals surface area contributed by atoms with Gasteiger partial charge in [0.1, 0.15) is 0 Å². The zero-order chi connectivity index (χ0) is 15.9. The quantitative estimate of drug-likeness (QED) is 0.902. The second-order valence-electron chi connectivity index (χ2n) is 6.78. The van der Waals surface area contributed by atoms with E-state index in [1.807, 2.05) is 13.0 Å². The van der Waals surface area contributed by atoms with Crippen LogP contribution in [0.25, 0.3) is 0 Å². The number of benzene rings is 1. The van der Waals surface area contributed by atoms with Crippen LogP contribution in [-0.2, 0) is 17.6 Å². The Morgan fingerprint density at radius 2 is 2.00 bits per heavy atom. The Bertz CT molecular complexity index is 634. The Kier molecular flexibility index (Phi) is 4.04. The van der Waals surface area contributed by atoms with Crippen LogP contribution in [0, 0.1) is 12.8 Å². The Labute approximate surface area is 131 Å². The predicted octanol–water partition coefficient (Wildman–Crippen LogP) is 2.62. The molecule has 0 fully saturated rings. The molecule has 22 heavy (non-hydrogen) atoms. The first kappa shape index (κ1) is 15.2. The van der Waals surface area contributed by atoms with Gasteiger partial charge < -0.3 is 10.6 Å². The molecule has 2 N–H and O–H groups in total. The molecule has 0 radical (unpaired) electrons. The van der Waals surface area contributed by atoms with Gasteiger partial charge in [-0.2, -0.15) is 0 Å². The lowest BCUT2D eigenvalue weighted by Crippen LogP contribution is -2.36. The van der Waals surface area contributed by atoms with E-state index >= 15 is 0 Å². The summed E-state index contributed by atoms with van der Waals surface area (Å²) in [4.78, 5) is 24.6. The summed E-state index contributed by atoms with van der Waals surface area (Å²) >= 11 is 0. The van der Waals surface area contributed by atoms with Gasteiger partial charge in [-0.3, -0.25) is 9.59 Å². The maximum absolute atomic E-state index is 13.0. The zero-order valence-corrected chi connectivity index (χ0v) is 13.6. The number of fused-ring (bicyclic) bond motifs is 3. The number of anilines is 1. The summed E-state index contributed by atoms with van der Waals surface area (Å²) < 4.78 is 0. The summed E-state index contributed by atoms with van der Waals surface area (Å²) in [6.07, 6.45) is 3.03. The minimum Gasteiger partial charge on any atom is -0.326 e. The number of rotatable bonds is 3. The summed E-state index contributed by atoms with van der Waals surface area (Å²) in [6, 6.07) is 2.42. The molecule has 2 aliphatic rings. The van der Waals surface area contributed by atoms with E-state index in [4.69, 9.17) is 0 Å². The van der Waals surface area contributed by atoms with Crippen LogP contribution in [-0.4, -0.2) is 24.3 Å². The second-order valence-corrected chi connectivity index (χ2v) is 6.78. The van der Waals surface area contributed by atoms with Crippen molar-refractivity contribution in [2.75, 3.05) is 11.9 Å². The highest BCUT2D eigenvalue weighted by molar-refractivity contribution is 6.05. The third kappa shape index (κ3) is 2.68. The maximum atomic E-state index is 13.0. The Morgan fingerprint density at radius 1 is 1.23 bits per heavy atom. The monoisotopic (exact) mass is 300 g/mol. The van der Waals surface area contributed by atoms with Crippen molar-refractivity contribution < 1.29 is 9.59 Å². The molecule has 1 atom stereocenters. The van der Waals surface area contributed by atoms with Crippen molar-refractivity contribution in [3.05, 3.63) is 28.3 Å². The number of amides is 1. The summed E-state index contributed by atoms with van der Waals surface area (Å²) in [5, 5.41) is 6.32. The lowest BCUT2D eigenvalue weighted by Gasteiger charge is -2.30. The topological polar surface area (TPSA) is 58.2 Å². The van der Waals surface area contributed by atoms with Crippen LogP contribution in [0.4, 0.5) is 5.69 Å². The molecule has 1 aliphatic heterocycles. The van der Waals surface area contributed by atoms with E-state index in [0.29, 0.717) is 18.9 Å². The van der Waals surface area contributed by atoms with E-state index in [9.17, 15) is 9.59 Å². The van der Waals surface area contributed by atoms with Gasteiger partial charge in [-0.1, -0.05) is 13.8 Å². The smallest absolute Gasteiger partial charge is 0.224 e. The number of nitrogens with one attached hydrogen (secondary N) is 2. The number of carbonyl (C=O) groups is 2. The summed E-state index contributed by atoms with van der Waals surface area (Å²) in [5.41, 5.74) is 5.12. The number of Topliss-reactive ketones (excluding diaryl/α,β-unsaturated/α-hetero) is 1. The third-order valence-corrected chi connectivity index (χ3v) is 4.77. The van der Waals surface area contributed by atoms with E-state index in [2.05, 4.69) is 24.5 Å². The van der Waals surface area contributed by atoms with Crippen LogP contribution in [0.2, 0.25) is 0 Å². The maximum Gasteiger partial charge on any atom is 0.224 e. The molecule has 1 unspecified atom stereocenters. The SMILES string of the molecule is Cc1cc2c(c3c1CCC(CNC(C)C)C3=O)CCC(=O)N2. The van der Waals surface area contributed by atoms with Crippen LogP contribution in [0.5, 0.6) is 0 Å². The van der Waals surface area contributed by atoms with Crippen molar-refractivity contribution in [1.82, 2.24) is 5.32 Å². The van der Waals surface area contributed by atoms with Crippen LogP contribution < -0.4 is 10.6 Å². The highest BCUT2D eigenvalue weighted by Crippen LogP contribution is 2.36. The first-order valence-electron chi connectivity index (χ1n) is 8.20. The van der Waals surface area contributed by atoms with Gasteiger partial charge in [0.15, 0.2) is 5.78 Å². The molecule has 1 aromatic carbocycles. The van der Waals surface area contributed by atoms with E-state index in [-0.39, 0.29) is 17.6 Å².